The minimum atomic E-state index is -0.495. The van der Waals surface area contributed by atoms with Gasteiger partial charge >= 0.3 is 11.9 Å². The van der Waals surface area contributed by atoms with Gasteiger partial charge in [-0.05, 0) is 32.0 Å². The summed E-state index contributed by atoms with van der Waals surface area (Å²) in [5.74, 6) is 0.314. The van der Waals surface area contributed by atoms with Crippen molar-refractivity contribution in [3.63, 3.8) is 0 Å². The van der Waals surface area contributed by atoms with Gasteiger partial charge in [0.1, 0.15) is 17.3 Å². The number of carbonyl (C=O) groups is 2. The first kappa shape index (κ1) is 20.1. The number of aromatic nitrogens is 3. The Hall–Kier alpha value is -3.62. The van der Waals surface area contributed by atoms with Crippen LogP contribution in [0.15, 0.2) is 36.7 Å². The number of benzene rings is 1. The average Bonchev–Trinajstić information content (AvgIpc) is 3.15. The standard InChI is InChI=1S/C20H21N3O6/c1-3-26-18(24)11-28-13-5-6-14(17(9-13)29-12-19(25)27-4-2)20-22-15-7-8-21-10-16(15)23-20/h5-10H,3-4,11-12H2,1-2H3,(H,22,23). The lowest BCUT2D eigenvalue weighted by molar-refractivity contribution is -0.146. The number of pyridine rings is 1. The maximum absolute atomic E-state index is 11.7. The molecule has 0 saturated carbocycles. The van der Waals surface area contributed by atoms with E-state index in [1.54, 1.807) is 50.5 Å². The van der Waals surface area contributed by atoms with E-state index in [9.17, 15) is 9.59 Å². The number of rotatable bonds is 9. The van der Waals surface area contributed by atoms with Crippen LogP contribution in [0.3, 0.4) is 0 Å². The maximum atomic E-state index is 11.7. The van der Waals surface area contributed by atoms with Crippen LogP contribution >= 0.6 is 0 Å². The third-order valence-electron chi connectivity index (χ3n) is 3.80. The molecule has 0 aliphatic rings. The number of H-pyrrole nitrogens is 1. The van der Waals surface area contributed by atoms with Gasteiger partial charge in [-0.25, -0.2) is 14.6 Å². The highest BCUT2D eigenvalue weighted by molar-refractivity contribution is 5.80. The van der Waals surface area contributed by atoms with E-state index < -0.39 is 11.9 Å². The maximum Gasteiger partial charge on any atom is 0.344 e. The lowest BCUT2D eigenvalue weighted by Gasteiger charge is -2.12. The molecule has 0 unspecified atom stereocenters. The average molecular weight is 399 g/mol. The summed E-state index contributed by atoms with van der Waals surface area (Å²) in [7, 11) is 0. The number of ether oxygens (including phenoxy) is 4. The van der Waals surface area contributed by atoms with Gasteiger partial charge in [0.2, 0.25) is 0 Å². The molecule has 0 aliphatic carbocycles. The molecule has 0 bridgehead atoms. The van der Waals surface area contributed by atoms with E-state index in [4.69, 9.17) is 18.9 Å². The fraction of sp³-hybridized carbons (Fsp3) is 0.300. The number of fused-ring (bicyclic) bond motifs is 1. The van der Waals surface area contributed by atoms with Crippen molar-refractivity contribution in [3.05, 3.63) is 36.7 Å². The van der Waals surface area contributed by atoms with Gasteiger partial charge in [-0.15, -0.1) is 0 Å². The Morgan fingerprint density at radius 3 is 2.41 bits per heavy atom. The summed E-state index contributed by atoms with van der Waals surface area (Å²) < 4.78 is 20.9. The van der Waals surface area contributed by atoms with E-state index >= 15 is 0 Å². The minimum Gasteiger partial charge on any atom is -0.482 e. The molecular formula is C20H21N3O6. The normalized spacial score (nSPS) is 10.6. The van der Waals surface area contributed by atoms with E-state index in [-0.39, 0.29) is 26.4 Å². The third-order valence-corrected chi connectivity index (χ3v) is 3.80. The lowest BCUT2D eigenvalue weighted by Crippen LogP contribution is -2.16. The summed E-state index contributed by atoms with van der Waals surface area (Å²) in [6, 6.07) is 6.77. The molecule has 0 saturated heterocycles. The van der Waals surface area contributed by atoms with Gasteiger partial charge in [-0.3, -0.25) is 4.98 Å². The van der Waals surface area contributed by atoms with E-state index in [1.165, 1.54) is 0 Å². The monoisotopic (exact) mass is 399 g/mol. The van der Waals surface area contributed by atoms with Gasteiger partial charge in [0.05, 0.1) is 36.0 Å². The van der Waals surface area contributed by atoms with E-state index in [0.29, 0.717) is 22.9 Å². The highest BCUT2D eigenvalue weighted by Gasteiger charge is 2.15. The van der Waals surface area contributed by atoms with Crippen LogP contribution in [0.25, 0.3) is 22.4 Å². The molecule has 1 N–H and O–H groups in total. The summed E-state index contributed by atoms with van der Waals surface area (Å²) in [6.07, 6.45) is 3.32. The predicted molar refractivity (Wildman–Crippen MR) is 104 cm³/mol. The molecule has 1 aromatic carbocycles. The first-order valence-electron chi connectivity index (χ1n) is 9.11. The number of nitrogens with zero attached hydrogens (tertiary/aromatic N) is 2. The SMILES string of the molecule is CCOC(=O)COc1ccc(-c2nc3ccncc3[nH]2)c(OCC(=O)OCC)c1. The first-order chi connectivity index (χ1) is 14.1. The molecular weight excluding hydrogens is 378 g/mol. The van der Waals surface area contributed by atoms with Crippen LogP contribution < -0.4 is 9.47 Å². The number of nitrogens with one attached hydrogen (secondary N) is 1. The zero-order valence-electron chi connectivity index (χ0n) is 16.1. The molecule has 29 heavy (non-hydrogen) atoms. The van der Waals surface area contributed by atoms with E-state index in [1.807, 2.05) is 0 Å². The molecule has 0 aliphatic heterocycles. The molecule has 0 atom stereocenters. The van der Waals surface area contributed by atoms with Gasteiger partial charge < -0.3 is 23.9 Å². The van der Waals surface area contributed by atoms with Crippen LogP contribution in [0.5, 0.6) is 11.5 Å². The predicted octanol–water partition coefficient (Wildman–Crippen LogP) is 2.51. The van der Waals surface area contributed by atoms with Crippen molar-refractivity contribution in [2.24, 2.45) is 0 Å². The van der Waals surface area contributed by atoms with Gasteiger partial charge in [-0.2, -0.15) is 0 Å². The number of hydrogen-bond donors (Lipinski definition) is 1. The van der Waals surface area contributed by atoms with Crippen molar-refractivity contribution in [1.82, 2.24) is 15.0 Å². The zero-order valence-corrected chi connectivity index (χ0v) is 16.1. The molecule has 3 aromatic rings. The van der Waals surface area contributed by atoms with Crippen LogP contribution in [0, 0.1) is 0 Å². The smallest absolute Gasteiger partial charge is 0.344 e. The van der Waals surface area contributed by atoms with E-state index in [2.05, 4.69) is 15.0 Å². The molecule has 9 heteroatoms. The molecule has 0 fully saturated rings. The van der Waals surface area contributed by atoms with Crippen LogP contribution in [-0.4, -0.2) is 53.3 Å². The first-order valence-corrected chi connectivity index (χ1v) is 9.11. The third kappa shape index (κ3) is 5.22. The van der Waals surface area contributed by atoms with Crippen molar-refractivity contribution in [3.8, 4) is 22.9 Å². The molecule has 2 heterocycles. The quantitative estimate of drug-likeness (QED) is 0.546. The second-order valence-corrected chi connectivity index (χ2v) is 5.82. The van der Waals surface area contributed by atoms with Crippen molar-refractivity contribution in [2.45, 2.75) is 13.8 Å². The molecule has 0 radical (unpaired) electrons. The van der Waals surface area contributed by atoms with Crippen molar-refractivity contribution in [1.29, 1.82) is 0 Å². The van der Waals surface area contributed by atoms with E-state index in [0.717, 1.165) is 11.0 Å². The Morgan fingerprint density at radius 1 is 1.00 bits per heavy atom. The lowest BCUT2D eigenvalue weighted by atomic mass is 10.2. The molecule has 0 amide bonds. The second kappa shape index (κ2) is 9.54. The largest absolute Gasteiger partial charge is 0.482 e. The highest BCUT2D eigenvalue weighted by Crippen LogP contribution is 2.33. The van der Waals surface area contributed by atoms with Crippen molar-refractivity contribution < 1.29 is 28.5 Å². The summed E-state index contributed by atoms with van der Waals surface area (Å²) >= 11 is 0. The molecule has 3 rings (SSSR count). The zero-order chi connectivity index (χ0) is 20.6. The van der Waals surface area contributed by atoms with Gasteiger partial charge in [0.15, 0.2) is 13.2 Å². The Balaban J connectivity index is 1.86. The molecule has 9 nitrogen and oxygen atoms in total. The molecule has 152 valence electrons. The van der Waals surface area contributed by atoms with Crippen LogP contribution in [-0.2, 0) is 19.1 Å². The summed E-state index contributed by atoms with van der Waals surface area (Å²) in [6.45, 7) is 3.46. The Morgan fingerprint density at radius 2 is 1.72 bits per heavy atom. The van der Waals surface area contributed by atoms with Gasteiger partial charge in [-0.1, -0.05) is 0 Å². The molecule has 0 spiro atoms. The molecule has 2 aromatic heterocycles. The number of carbonyl (C=O) groups excluding carboxylic acids is 2. The number of aromatic amines is 1. The van der Waals surface area contributed by atoms with Crippen LogP contribution in [0.1, 0.15) is 13.8 Å². The fourth-order valence-corrected chi connectivity index (χ4v) is 2.58. The van der Waals surface area contributed by atoms with Crippen LogP contribution in [0.4, 0.5) is 0 Å². The number of esters is 2. The van der Waals surface area contributed by atoms with Crippen LogP contribution in [0.2, 0.25) is 0 Å². The van der Waals surface area contributed by atoms with Gasteiger partial charge in [0, 0.05) is 12.3 Å². The van der Waals surface area contributed by atoms with Crippen molar-refractivity contribution >= 4 is 23.0 Å². The summed E-state index contributed by atoms with van der Waals surface area (Å²) in [4.78, 5) is 35.0. The van der Waals surface area contributed by atoms with Crippen molar-refractivity contribution in [2.75, 3.05) is 26.4 Å². The topological polar surface area (TPSA) is 113 Å². The Labute approximate surface area is 167 Å². The highest BCUT2D eigenvalue weighted by atomic mass is 16.6. The second-order valence-electron chi connectivity index (χ2n) is 5.82. The van der Waals surface area contributed by atoms with Gasteiger partial charge in [0.25, 0.3) is 0 Å². The summed E-state index contributed by atoms with van der Waals surface area (Å²) in [5, 5.41) is 0. The Kier molecular flexibility index (Phi) is 6.62. The number of imidazole rings is 1. The Bertz CT molecular complexity index is 968. The number of hydrogen-bond acceptors (Lipinski definition) is 8. The minimum absolute atomic E-state index is 0.235. The summed E-state index contributed by atoms with van der Waals surface area (Å²) in [5.41, 5.74) is 2.13. The fourth-order valence-electron chi connectivity index (χ4n) is 2.58.